The van der Waals surface area contributed by atoms with Crippen molar-refractivity contribution in [1.29, 1.82) is 0 Å². The van der Waals surface area contributed by atoms with E-state index >= 15 is 0 Å². The number of rotatable bonds is 3. The Kier molecular flexibility index (Phi) is 2.63. The molecule has 16 heavy (non-hydrogen) atoms. The maximum Gasteiger partial charge on any atom is 0.155 e. The maximum absolute atomic E-state index is 11.4. The Morgan fingerprint density at radius 3 is 2.75 bits per heavy atom. The van der Waals surface area contributed by atoms with Crippen molar-refractivity contribution < 1.29 is 13.5 Å². The van der Waals surface area contributed by atoms with Crippen LogP contribution >= 0.6 is 0 Å². The summed E-state index contributed by atoms with van der Waals surface area (Å²) in [6, 6.07) is 6.87. The third kappa shape index (κ3) is 2.04. The lowest BCUT2D eigenvalue weighted by Gasteiger charge is -1.97. The molecule has 0 fully saturated rings. The minimum Gasteiger partial charge on any atom is -0.506 e. The Labute approximate surface area is 93.8 Å². The van der Waals surface area contributed by atoms with E-state index in [1.54, 1.807) is 25.1 Å². The minimum atomic E-state index is -3.05. The van der Waals surface area contributed by atoms with Crippen LogP contribution in [-0.4, -0.2) is 24.3 Å². The predicted octanol–water partition coefficient (Wildman–Crippen LogP) is 1.81. The Balaban J connectivity index is 2.45. The molecule has 2 aromatic rings. The van der Waals surface area contributed by atoms with Crippen LogP contribution in [0.5, 0.6) is 5.75 Å². The smallest absolute Gasteiger partial charge is 0.155 e. The number of para-hydroxylation sites is 1. The van der Waals surface area contributed by atoms with Crippen molar-refractivity contribution in [3.8, 4) is 5.75 Å². The van der Waals surface area contributed by atoms with E-state index in [0.717, 1.165) is 5.39 Å². The Bertz CT molecular complexity index is 613. The van der Waals surface area contributed by atoms with Crippen LogP contribution in [0.4, 0.5) is 0 Å². The van der Waals surface area contributed by atoms with Gasteiger partial charge in [0, 0.05) is 16.8 Å². The van der Waals surface area contributed by atoms with E-state index in [9.17, 15) is 13.5 Å². The molecule has 0 spiro atoms. The molecule has 0 saturated heterocycles. The van der Waals surface area contributed by atoms with Gasteiger partial charge >= 0.3 is 0 Å². The van der Waals surface area contributed by atoms with Gasteiger partial charge < -0.3 is 10.1 Å². The van der Waals surface area contributed by atoms with Crippen molar-refractivity contribution in [1.82, 2.24) is 4.98 Å². The first-order valence-electron chi connectivity index (χ1n) is 5.02. The molecule has 1 aromatic carbocycles. The van der Waals surface area contributed by atoms with Crippen LogP contribution < -0.4 is 0 Å². The number of benzene rings is 1. The molecule has 2 N–H and O–H groups in total. The van der Waals surface area contributed by atoms with Crippen LogP contribution in [0, 0.1) is 0 Å². The SMILES string of the molecule is CCS(=O)(=O)Cc1cc2cccc(O)c2[nH]1. The van der Waals surface area contributed by atoms with Crippen molar-refractivity contribution in [3.63, 3.8) is 0 Å². The monoisotopic (exact) mass is 239 g/mol. The fourth-order valence-corrected chi connectivity index (χ4v) is 2.45. The number of nitrogens with one attached hydrogen (secondary N) is 1. The van der Waals surface area contributed by atoms with Gasteiger partial charge in [0.1, 0.15) is 5.75 Å². The van der Waals surface area contributed by atoms with Gasteiger partial charge in [0.2, 0.25) is 0 Å². The molecule has 5 heteroatoms. The zero-order valence-electron chi connectivity index (χ0n) is 8.90. The number of H-pyrrole nitrogens is 1. The number of aromatic amines is 1. The largest absolute Gasteiger partial charge is 0.506 e. The molecule has 0 bridgehead atoms. The molecule has 1 heterocycles. The minimum absolute atomic E-state index is 0.0163. The zero-order valence-corrected chi connectivity index (χ0v) is 9.71. The fourth-order valence-electron chi connectivity index (χ4n) is 1.62. The van der Waals surface area contributed by atoms with E-state index in [4.69, 9.17) is 0 Å². The molecule has 0 aliphatic carbocycles. The molecule has 0 unspecified atom stereocenters. The zero-order chi connectivity index (χ0) is 11.8. The topological polar surface area (TPSA) is 70.2 Å². The maximum atomic E-state index is 11.4. The molecule has 0 aliphatic rings. The summed E-state index contributed by atoms with van der Waals surface area (Å²) >= 11 is 0. The van der Waals surface area contributed by atoms with Crippen LogP contribution in [0.3, 0.4) is 0 Å². The Morgan fingerprint density at radius 1 is 1.38 bits per heavy atom. The van der Waals surface area contributed by atoms with Crippen molar-refractivity contribution in [2.75, 3.05) is 5.75 Å². The van der Waals surface area contributed by atoms with Gasteiger partial charge in [-0.2, -0.15) is 0 Å². The number of hydrogen-bond acceptors (Lipinski definition) is 3. The highest BCUT2D eigenvalue weighted by molar-refractivity contribution is 7.90. The number of sulfone groups is 1. The fraction of sp³-hybridized carbons (Fsp3) is 0.273. The summed E-state index contributed by atoms with van der Waals surface area (Å²) in [6.45, 7) is 1.62. The van der Waals surface area contributed by atoms with Crippen LogP contribution in [-0.2, 0) is 15.6 Å². The van der Waals surface area contributed by atoms with Gasteiger partial charge in [-0.15, -0.1) is 0 Å². The molecule has 0 radical (unpaired) electrons. The van der Waals surface area contributed by atoms with Gasteiger partial charge in [0.05, 0.1) is 11.3 Å². The van der Waals surface area contributed by atoms with Crippen molar-refractivity contribution in [3.05, 3.63) is 30.0 Å². The van der Waals surface area contributed by atoms with Gasteiger partial charge in [-0.3, -0.25) is 0 Å². The van der Waals surface area contributed by atoms with Crippen LogP contribution in [0.15, 0.2) is 24.3 Å². The van der Waals surface area contributed by atoms with Gasteiger partial charge in [0.25, 0.3) is 0 Å². The summed E-state index contributed by atoms with van der Waals surface area (Å²) in [7, 11) is -3.05. The molecule has 2 rings (SSSR count). The summed E-state index contributed by atoms with van der Waals surface area (Å²) in [4.78, 5) is 2.93. The predicted molar refractivity (Wildman–Crippen MR) is 63.1 cm³/mol. The first kappa shape index (κ1) is 11.0. The van der Waals surface area contributed by atoms with E-state index in [-0.39, 0.29) is 17.3 Å². The van der Waals surface area contributed by atoms with Crippen LogP contribution in [0.1, 0.15) is 12.6 Å². The highest BCUT2D eigenvalue weighted by Gasteiger charge is 2.12. The molecule has 4 nitrogen and oxygen atoms in total. The molecule has 0 amide bonds. The molecular formula is C11H13NO3S. The quantitative estimate of drug-likeness (QED) is 0.858. The van der Waals surface area contributed by atoms with E-state index in [2.05, 4.69) is 4.98 Å². The second-order valence-electron chi connectivity index (χ2n) is 3.71. The van der Waals surface area contributed by atoms with E-state index in [0.29, 0.717) is 11.2 Å². The highest BCUT2D eigenvalue weighted by atomic mass is 32.2. The Morgan fingerprint density at radius 2 is 2.12 bits per heavy atom. The van der Waals surface area contributed by atoms with E-state index in [1.807, 2.05) is 6.07 Å². The third-order valence-electron chi connectivity index (χ3n) is 2.51. The number of phenolic OH excluding ortho intramolecular Hbond substituents is 1. The standard InChI is InChI=1S/C11H13NO3S/c1-2-16(14,15)7-9-6-8-4-3-5-10(13)11(8)12-9/h3-6,12-13H,2,7H2,1H3. The second-order valence-corrected chi connectivity index (χ2v) is 6.07. The number of aromatic hydroxyl groups is 1. The number of phenols is 1. The molecular weight excluding hydrogens is 226 g/mol. The van der Waals surface area contributed by atoms with Crippen LogP contribution in [0.2, 0.25) is 0 Å². The first-order valence-corrected chi connectivity index (χ1v) is 6.84. The van der Waals surface area contributed by atoms with E-state index in [1.165, 1.54) is 0 Å². The summed E-state index contributed by atoms with van der Waals surface area (Å²) in [5, 5.41) is 10.4. The highest BCUT2D eigenvalue weighted by Crippen LogP contribution is 2.24. The lowest BCUT2D eigenvalue weighted by Crippen LogP contribution is -2.06. The van der Waals surface area contributed by atoms with E-state index < -0.39 is 9.84 Å². The summed E-state index contributed by atoms with van der Waals surface area (Å²) < 4.78 is 22.9. The molecule has 0 aliphatic heterocycles. The number of aromatic nitrogens is 1. The van der Waals surface area contributed by atoms with Gasteiger partial charge in [-0.05, 0) is 12.1 Å². The Hall–Kier alpha value is -1.49. The lowest BCUT2D eigenvalue weighted by molar-refractivity contribution is 0.480. The van der Waals surface area contributed by atoms with Crippen molar-refractivity contribution in [2.24, 2.45) is 0 Å². The average Bonchev–Trinajstić information content (AvgIpc) is 2.61. The summed E-state index contributed by atoms with van der Waals surface area (Å²) in [5.74, 6) is 0.240. The number of fused-ring (bicyclic) bond motifs is 1. The summed E-state index contributed by atoms with van der Waals surface area (Å²) in [6.07, 6.45) is 0. The number of hydrogen-bond donors (Lipinski definition) is 2. The van der Waals surface area contributed by atoms with Crippen molar-refractivity contribution >= 4 is 20.7 Å². The first-order chi connectivity index (χ1) is 7.52. The van der Waals surface area contributed by atoms with Gasteiger partial charge in [-0.1, -0.05) is 19.1 Å². The third-order valence-corrected chi connectivity index (χ3v) is 4.14. The summed E-state index contributed by atoms with van der Waals surface area (Å²) in [5.41, 5.74) is 1.20. The van der Waals surface area contributed by atoms with Crippen LogP contribution in [0.25, 0.3) is 10.9 Å². The lowest BCUT2D eigenvalue weighted by atomic mass is 10.2. The van der Waals surface area contributed by atoms with Crippen molar-refractivity contribution in [2.45, 2.75) is 12.7 Å². The molecule has 86 valence electrons. The molecule has 0 saturated carbocycles. The van der Waals surface area contributed by atoms with Gasteiger partial charge in [0.15, 0.2) is 9.84 Å². The van der Waals surface area contributed by atoms with Gasteiger partial charge in [-0.25, -0.2) is 8.42 Å². The molecule has 1 aromatic heterocycles. The second kappa shape index (κ2) is 3.83. The average molecular weight is 239 g/mol. The normalized spacial score (nSPS) is 12.1. The molecule has 0 atom stereocenters.